The van der Waals surface area contributed by atoms with Crippen molar-refractivity contribution in [1.29, 1.82) is 0 Å². The highest BCUT2D eigenvalue weighted by Gasteiger charge is 2.30. The summed E-state index contributed by atoms with van der Waals surface area (Å²) in [5, 5.41) is 0.419. The van der Waals surface area contributed by atoms with Crippen molar-refractivity contribution in [3.63, 3.8) is 0 Å². The van der Waals surface area contributed by atoms with E-state index in [-0.39, 0.29) is 4.90 Å². The molecule has 0 saturated heterocycles. The average molecular weight is 300 g/mol. The maximum absolute atomic E-state index is 12.3. The van der Waals surface area contributed by atoms with Crippen molar-refractivity contribution < 1.29 is 8.42 Å². The minimum Gasteiger partial charge on any atom is -0.207 e. The monoisotopic (exact) mass is 299 g/mol. The molecule has 19 heavy (non-hydrogen) atoms. The van der Waals surface area contributed by atoms with Crippen LogP contribution in [-0.2, 0) is 10.0 Å². The van der Waals surface area contributed by atoms with Gasteiger partial charge in [0.25, 0.3) is 0 Å². The summed E-state index contributed by atoms with van der Waals surface area (Å²) in [5.74, 6) is 2.54. The molecule has 0 saturated carbocycles. The molecule has 104 valence electrons. The van der Waals surface area contributed by atoms with Crippen molar-refractivity contribution in [2.75, 3.05) is 0 Å². The van der Waals surface area contributed by atoms with Crippen molar-refractivity contribution in [3.05, 3.63) is 28.8 Å². The Morgan fingerprint density at radius 2 is 1.95 bits per heavy atom. The summed E-state index contributed by atoms with van der Waals surface area (Å²) < 4.78 is 27.2. The molecular formula is C14H18ClNO2S. The van der Waals surface area contributed by atoms with Gasteiger partial charge in [-0.15, -0.1) is 6.42 Å². The van der Waals surface area contributed by atoms with E-state index in [1.165, 1.54) is 12.1 Å². The molecule has 0 fully saturated rings. The van der Waals surface area contributed by atoms with Crippen LogP contribution in [0.4, 0.5) is 0 Å². The Morgan fingerprint density at radius 3 is 2.37 bits per heavy atom. The fourth-order valence-corrected chi connectivity index (χ4v) is 3.43. The van der Waals surface area contributed by atoms with Gasteiger partial charge < -0.3 is 0 Å². The first-order chi connectivity index (χ1) is 8.80. The zero-order valence-corrected chi connectivity index (χ0v) is 12.9. The van der Waals surface area contributed by atoms with E-state index >= 15 is 0 Å². The molecule has 0 radical (unpaired) electrons. The Hall–Kier alpha value is -1.02. The number of terminal acetylenes is 1. The van der Waals surface area contributed by atoms with Gasteiger partial charge in [0.05, 0.1) is 10.4 Å². The highest BCUT2D eigenvalue weighted by atomic mass is 35.5. The third-order valence-electron chi connectivity index (χ3n) is 3.27. The number of hydrogen-bond acceptors (Lipinski definition) is 2. The van der Waals surface area contributed by atoms with E-state index in [0.717, 1.165) is 5.56 Å². The summed E-state index contributed by atoms with van der Waals surface area (Å²) in [4.78, 5) is 0.129. The van der Waals surface area contributed by atoms with Gasteiger partial charge in [-0.3, -0.25) is 0 Å². The quantitative estimate of drug-likeness (QED) is 0.849. The van der Waals surface area contributed by atoms with Crippen LogP contribution in [-0.4, -0.2) is 14.0 Å². The van der Waals surface area contributed by atoms with Crippen LogP contribution in [0.1, 0.15) is 32.3 Å². The molecule has 0 atom stereocenters. The van der Waals surface area contributed by atoms with Gasteiger partial charge in [0.2, 0.25) is 10.0 Å². The first-order valence-electron chi connectivity index (χ1n) is 6.08. The van der Waals surface area contributed by atoms with E-state index in [2.05, 4.69) is 10.6 Å². The molecule has 1 rings (SSSR count). The predicted molar refractivity (Wildman–Crippen MR) is 78.7 cm³/mol. The minimum atomic E-state index is -3.67. The third-order valence-corrected chi connectivity index (χ3v) is 5.21. The molecule has 0 aliphatic carbocycles. The molecule has 0 aromatic heterocycles. The maximum Gasteiger partial charge on any atom is 0.241 e. The lowest BCUT2D eigenvalue weighted by molar-refractivity contribution is 0.451. The fourth-order valence-electron chi connectivity index (χ4n) is 1.68. The number of aryl methyl sites for hydroxylation is 1. The molecule has 0 aliphatic heterocycles. The number of sulfonamides is 1. The minimum absolute atomic E-state index is 0.129. The highest BCUT2D eigenvalue weighted by molar-refractivity contribution is 7.89. The summed E-state index contributed by atoms with van der Waals surface area (Å²) in [5.41, 5.74) is -0.0225. The lowest BCUT2D eigenvalue weighted by Crippen LogP contribution is -2.46. The lowest BCUT2D eigenvalue weighted by atomic mass is 9.96. The van der Waals surface area contributed by atoms with Crippen LogP contribution < -0.4 is 4.72 Å². The highest BCUT2D eigenvalue weighted by Crippen LogP contribution is 2.23. The first kappa shape index (κ1) is 16.0. The Balaban J connectivity index is 3.18. The number of rotatable bonds is 5. The molecule has 1 N–H and O–H groups in total. The topological polar surface area (TPSA) is 46.2 Å². The van der Waals surface area contributed by atoms with E-state index in [1.54, 1.807) is 6.07 Å². The van der Waals surface area contributed by atoms with Crippen molar-refractivity contribution in [2.45, 2.75) is 44.0 Å². The molecule has 0 spiro atoms. The molecule has 1 aromatic rings. The van der Waals surface area contributed by atoms with Gasteiger partial charge in [0.15, 0.2) is 0 Å². The molecule has 5 heteroatoms. The smallest absolute Gasteiger partial charge is 0.207 e. The molecule has 0 heterocycles. The van der Waals surface area contributed by atoms with Crippen molar-refractivity contribution in [3.8, 4) is 12.3 Å². The number of halogens is 1. The van der Waals surface area contributed by atoms with Crippen molar-refractivity contribution in [1.82, 2.24) is 4.72 Å². The number of hydrogen-bond donors (Lipinski definition) is 1. The second-order valence-electron chi connectivity index (χ2n) is 4.45. The van der Waals surface area contributed by atoms with E-state index in [1.807, 2.05) is 20.8 Å². The summed E-state index contributed by atoms with van der Waals surface area (Å²) in [6.45, 7) is 5.53. The normalized spacial score (nSPS) is 12.2. The summed E-state index contributed by atoms with van der Waals surface area (Å²) >= 11 is 5.96. The van der Waals surface area contributed by atoms with Gasteiger partial charge in [0.1, 0.15) is 0 Å². The average Bonchev–Trinajstić information content (AvgIpc) is 2.39. The molecular weight excluding hydrogens is 282 g/mol. The van der Waals surface area contributed by atoms with E-state index in [4.69, 9.17) is 18.0 Å². The molecule has 0 unspecified atom stereocenters. The maximum atomic E-state index is 12.3. The molecule has 0 bridgehead atoms. The molecule has 3 nitrogen and oxygen atoms in total. The Bertz CT molecular complexity index is 598. The van der Waals surface area contributed by atoms with Crippen LogP contribution in [0.5, 0.6) is 0 Å². The van der Waals surface area contributed by atoms with Crippen LogP contribution in [0, 0.1) is 19.3 Å². The Morgan fingerprint density at radius 1 is 1.37 bits per heavy atom. The van der Waals surface area contributed by atoms with Crippen LogP contribution >= 0.6 is 11.6 Å². The largest absolute Gasteiger partial charge is 0.241 e. The summed E-state index contributed by atoms with van der Waals surface area (Å²) in [6.07, 6.45) is 6.52. The van der Waals surface area contributed by atoms with Crippen LogP contribution in [0.25, 0.3) is 0 Å². The number of benzene rings is 1. The van der Waals surface area contributed by atoms with Crippen LogP contribution in [0.2, 0.25) is 5.02 Å². The lowest BCUT2D eigenvalue weighted by Gasteiger charge is -2.26. The van der Waals surface area contributed by atoms with Crippen molar-refractivity contribution in [2.24, 2.45) is 0 Å². The zero-order valence-electron chi connectivity index (χ0n) is 11.3. The summed E-state index contributed by atoms with van der Waals surface area (Å²) in [6, 6.07) is 4.63. The van der Waals surface area contributed by atoms with Gasteiger partial charge in [-0.2, -0.15) is 4.72 Å². The van der Waals surface area contributed by atoms with Gasteiger partial charge in [-0.05, 0) is 37.5 Å². The van der Waals surface area contributed by atoms with E-state index in [0.29, 0.717) is 17.9 Å². The first-order valence-corrected chi connectivity index (χ1v) is 7.94. The third kappa shape index (κ3) is 3.50. The Labute approximate surface area is 120 Å². The van der Waals surface area contributed by atoms with Gasteiger partial charge in [-0.25, -0.2) is 8.42 Å². The van der Waals surface area contributed by atoms with Gasteiger partial charge in [0, 0.05) is 5.02 Å². The molecule has 0 amide bonds. The predicted octanol–water partition coefficient (Wildman–Crippen LogP) is 3.12. The second kappa shape index (κ2) is 5.96. The zero-order chi connectivity index (χ0) is 14.7. The van der Waals surface area contributed by atoms with Gasteiger partial charge >= 0.3 is 0 Å². The van der Waals surface area contributed by atoms with E-state index in [9.17, 15) is 8.42 Å². The molecule has 1 aromatic carbocycles. The second-order valence-corrected chi connectivity index (χ2v) is 6.54. The van der Waals surface area contributed by atoms with E-state index < -0.39 is 15.6 Å². The van der Waals surface area contributed by atoms with Crippen molar-refractivity contribution >= 4 is 21.6 Å². The Kier molecular flexibility index (Phi) is 5.03. The van der Waals surface area contributed by atoms with Crippen LogP contribution in [0.3, 0.4) is 0 Å². The summed E-state index contributed by atoms with van der Waals surface area (Å²) in [7, 11) is -3.67. The fraction of sp³-hybridized carbons (Fsp3) is 0.429. The SMILES string of the molecule is C#CC(CC)(CC)NS(=O)(=O)c1ccc(C)c(Cl)c1. The molecule has 0 aliphatic rings. The van der Waals surface area contributed by atoms with Crippen LogP contribution in [0.15, 0.2) is 23.1 Å². The number of nitrogens with one attached hydrogen (secondary N) is 1. The van der Waals surface area contributed by atoms with Gasteiger partial charge in [-0.1, -0.05) is 37.4 Å². The standard InChI is InChI=1S/C14H18ClNO2S/c1-5-14(6-2,7-3)16-19(17,18)12-9-8-11(4)13(15)10-12/h1,8-10,16H,6-7H2,2-4H3.